The number of carbonyl (C=O) groups excluding carboxylic acids is 1. The molecule has 3 rings (SSSR count). The molecule has 15 heavy (non-hydrogen) atoms. The summed E-state index contributed by atoms with van der Waals surface area (Å²) in [6.07, 6.45) is 0. The maximum Gasteiger partial charge on any atom is 0.258 e. The number of hydrogen-bond acceptors (Lipinski definition) is 3. The molecule has 0 bridgehead atoms. The molecule has 0 saturated carbocycles. The first kappa shape index (κ1) is 8.73. The zero-order chi connectivity index (χ0) is 10.3. The number of anilines is 1. The molecule has 0 spiro atoms. The zero-order valence-corrected chi connectivity index (χ0v) is 8.27. The van der Waals surface area contributed by atoms with Crippen molar-refractivity contribution in [3.8, 4) is 0 Å². The van der Waals surface area contributed by atoms with Crippen molar-refractivity contribution in [2.75, 3.05) is 25.2 Å². The van der Waals surface area contributed by atoms with Gasteiger partial charge >= 0.3 is 0 Å². The number of nitrogens with one attached hydrogen (secondary N) is 1. The number of para-hydroxylation sites is 1. The number of benzene rings is 1. The lowest BCUT2D eigenvalue weighted by Crippen LogP contribution is -2.38. The zero-order valence-electron chi connectivity index (χ0n) is 8.27. The van der Waals surface area contributed by atoms with Crippen molar-refractivity contribution in [3.63, 3.8) is 0 Å². The first-order valence-electron chi connectivity index (χ1n) is 5.08. The van der Waals surface area contributed by atoms with Gasteiger partial charge in [0.1, 0.15) is 6.73 Å². The van der Waals surface area contributed by atoms with Crippen LogP contribution >= 0.6 is 0 Å². The van der Waals surface area contributed by atoms with Gasteiger partial charge in [0.05, 0.1) is 18.2 Å². The van der Waals surface area contributed by atoms with Crippen LogP contribution in [-0.2, 0) is 4.74 Å². The van der Waals surface area contributed by atoms with Crippen molar-refractivity contribution < 1.29 is 9.53 Å². The summed E-state index contributed by atoms with van der Waals surface area (Å²) in [7, 11) is 0. The second kappa shape index (κ2) is 3.24. The quantitative estimate of drug-likeness (QED) is 0.683. The van der Waals surface area contributed by atoms with Gasteiger partial charge in [-0.05, 0) is 12.1 Å². The molecule has 0 aliphatic carbocycles. The van der Waals surface area contributed by atoms with Gasteiger partial charge in [-0.2, -0.15) is 0 Å². The monoisotopic (exact) mass is 204 g/mol. The van der Waals surface area contributed by atoms with Crippen molar-refractivity contribution in [3.05, 3.63) is 29.8 Å². The summed E-state index contributed by atoms with van der Waals surface area (Å²) in [5.74, 6) is 0.0677. The van der Waals surface area contributed by atoms with Crippen molar-refractivity contribution in [1.82, 2.24) is 4.90 Å². The van der Waals surface area contributed by atoms with E-state index in [2.05, 4.69) is 5.32 Å². The number of rotatable bonds is 0. The second-order valence-corrected chi connectivity index (χ2v) is 3.86. The Balaban J connectivity index is 2.04. The summed E-state index contributed by atoms with van der Waals surface area (Å²) >= 11 is 0. The van der Waals surface area contributed by atoms with Gasteiger partial charge in [-0.25, -0.2) is 0 Å². The minimum Gasteiger partial charge on any atom is -0.382 e. The van der Waals surface area contributed by atoms with Crippen molar-refractivity contribution in [2.24, 2.45) is 0 Å². The van der Waals surface area contributed by atoms with E-state index in [0.717, 1.165) is 17.8 Å². The smallest absolute Gasteiger partial charge is 0.258 e. The molecule has 2 aliphatic rings. The van der Waals surface area contributed by atoms with Crippen LogP contribution in [0, 0.1) is 0 Å². The van der Waals surface area contributed by atoms with Crippen LogP contribution in [0.25, 0.3) is 0 Å². The highest BCUT2D eigenvalue weighted by Crippen LogP contribution is 2.24. The van der Waals surface area contributed by atoms with Crippen LogP contribution in [0.2, 0.25) is 0 Å². The van der Waals surface area contributed by atoms with E-state index in [-0.39, 0.29) is 11.9 Å². The molecule has 2 heterocycles. The molecule has 4 nitrogen and oxygen atoms in total. The number of amides is 1. The summed E-state index contributed by atoms with van der Waals surface area (Å²) < 4.78 is 5.30. The SMILES string of the molecule is O=C1c2ccccc2NCC2COCN12. The molecule has 1 saturated heterocycles. The molecule has 1 fully saturated rings. The second-order valence-electron chi connectivity index (χ2n) is 3.86. The minimum atomic E-state index is 0.0677. The van der Waals surface area contributed by atoms with Crippen molar-refractivity contribution in [2.45, 2.75) is 6.04 Å². The maximum absolute atomic E-state index is 12.1. The van der Waals surface area contributed by atoms with Crippen LogP contribution in [0.15, 0.2) is 24.3 Å². The summed E-state index contributed by atoms with van der Waals surface area (Å²) in [5, 5.41) is 3.28. The molecule has 1 unspecified atom stereocenters. The minimum absolute atomic E-state index is 0.0677. The van der Waals surface area contributed by atoms with E-state index < -0.39 is 0 Å². The topological polar surface area (TPSA) is 41.6 Å². The van der Waals surface area contributed by atoms with Crippen molar-refractivity contribution >= 4 is 11.6 Å². The lowest BCUT2D eigenvalue weighted by atomic mass is 10.1. The van der Waals surface area contributed by atoms with E-state index in [1.165, 1.54) is 0 Å². The standard InChI is InChI=1S/C11H12N2O2/c14-11-9-3-1-2-4-10(9)12-5-8-6-15-7-13(8)11/h1-4,8,12H,5-7H2. The molecule has 1 N–H and O–H groups in total. The van der Waals surface area contributed by atoms with E-state index in [1.54, 1.807) is 4.90 Å². The molecule has 1 atom stereocenters. The predicted molar refractivity (Wildman–Crippen MR) is 55.7 cm³/mol. The summed E-state index contributed by atoms with van der Waals surface area (Å²) in [6.45, 7) is 1.81. The van der Waals surface area contributed by atoms with Crippen LogP contribution in [0.3, 0.4) is 0 Å². The highest BCUT2D eigenvalue weighted by atomic mass is 16.5. The average Bonchev–Trinajstić information content (AvgIpc) is 2.69. The maximum atomic E-state index is 12.1. The molecule has 0 aromatic heterocycles. The van der Waals surface area contributed by atoms with E-state index in [4.69, 9.17) is 4.74 Å². The van der Waals surface area contributed by atoms with Crippen LogP contribution in [0.5, 0.6) is 0 Å². The van der Waals surface area contributed by atoms with Gasteiger partial charge in [0.15, 0.2) is 0 Å². The molecule has 78 valence electrons. The first-order chi connectivity index (χ1) is 7.36. The van der Waals surface area contributed by atoms with Gasteiger partial charge in [-0.15, -0.1) is 0 Å². The number of hydrogen-bond donors (Lipinski definition) is 1. The Bertz CT molecular complexity index is 405. The van der Waals surface area contributed by atoms with Gasteiger partial charge in [0.2, 0.25) is 0 Å². The van der Waals surface area contributed by atoms with Gasteiger partial charge in [-0.1, -0.05) is 12.1 Å². The Kier molecular flexibility index (Phi) is 1.89. The normalized spacial score (nSPS) is 24.1. The number of fused-ring (bicyclic) bond motifs is 2. The third-order valence-electron chi connectivity index (χ3n) is 2.93. The average molecular weight is 204 g/mol. The Morgan fingerprint density at radius 3 is 3.20 bits per heavy atom. The highest BCUT2D eigenvalue weighted by molar-refractivity contribution is 6.00. The van der Waals surface area contributed by atoms with E-state index in [9.17, 15) is 4.79 Å². The summed E-state index contributed by atoms with van der Waals surface area (Å²) in [4.78, 5) is 13.9. The first-order valence-corrected chi connectivity index (χ1v) is 5.08. The van der Waals surface area contributed by atoms with Crippen LogP contribution in [-0.4, -0.2) is 36.7 Å². The molecular weight excluding hydrogens is 192 g/mol. The fraction of sp³-hybridized carbons (Fsp3) is 0.364. The fourth-order valence-corrected chi connectivity index (χ4v) is 2.08. The Morgan fingerprint density at radius 1 is 1.40 bits per heavy atom. The molecule has 4 heteroatoms. The van der Waals surface area contributed by atoms with Gasteiger partial charge in [0, 0.05) is 12.2 Å². The molecule has 2 aliphatic heterocycles. The fourth-order valence-electron chi connectivity index (χ4n) is 2.08. The molecule has 0 radical (unpaired) electrons. The van der Waals surface area contributed by atoms with E-state index >= 15 is 0 Å². The summed E-state index contributed by atoms with van der Waals surface area (Å²) in [5.41, 5.74) is 1.67. The molecule has 1 aromatic carbocycles. The van der Waals surface area contributed by atoms with Crippen LogP contribution < -0.4 is 5.32 Å². The molecular formula is C11H12N2O2. The summed E-state index contributed by atoms with van der Waals surface area (Å²) in [6, 6.07) is 7.79. The Hall–Kier alpha value is -1.55. The number of carbonyl (C=O) groups is 1. The Labute approximate surface area is 87.8 Å². The number of nitrogens with zero attached hydrogens (tertiary/aromatic N) is 1. The molecule has 1 aromatic rings. The molecule has 1 amide bonds. The van der Waals surface area contributed by atoms with Crippen molar-refractivity contribution in [1.29, 1.82) is 0 Å². The third kappa shape index (κ3) is 1.29. The van der Waals surface area contributed by atoms with Crippen LogP contribution in [0.1, 0.15) is 10.4 Å². The highest BCUT2D eigenvalue weighted by Gasteiger charge is 2.33. The van der Waals surface area contributed by atoms with E-state index in [0.29, 0.717) is 13.3 Å². The lowest BCUT2D eigenvalue weighted by molar-refractivity contribution is 0.0669. The van der Waals surface area contributed by atoms with Gasteiger partial charge in [-0.3, -0.25) is 4.79 Å². The largest absolute Gasteiger partial charge is 0.382 e. The van der Waals surface area contributed by atoms with Gasteiger partial charge in [0.25, 0.3) is 5.91 Å². The number of ether oxygens (including phenoxy) is 1. The van der Waals surface area contributed by atoms with Crippen LogP contribution in [0.4, 0.5) is 5.69 Å². The predicted octanol–water partition coefficient (Wildman–Crippen LogP) is 0.911. The lowest BCUT2D eigenvalue weighted by Gasteiger charge is -2.18. The Morgan fingerprint density at radius 2 is 2.27 bits per heavy atom. The van der Waals surface area contributed by atoms with E-state index in [1.807, 2.05) is 24.3 Å². The third-order valence-corrected chi connectivity index (χ3v) is 2.93. The van der Waals surface area contributed by atoms with Gasteiger partial charge < -0.3 is 15.0 Å².